The van der Waals surface area contributed by atoms with E-state index in [1.807, 2.05) is 0 Å². The van der Waals surface area contributed by atoms with Gasteiger partial charge in [-0.25, -0.2) is 0 Å². The normalized spacial score (nSPS) is 24.9. The van der Waals surface area contributed by atoms with E-state index in [-0.39, 0.29) is 0 Å². The minimum Gasteiger partial charge on any atom is -0.0625 e. The number of hydrogen-bond donors (Lipinski definition) is 0. The molecular formula is C16H24. The third kappa shape index (κ3) is 2.16. The van der Waals surface area contributed by atoms with Gasteiger partial charge in [-0.2, -0.15) is 0 Å². The van der Waals surface area contributed by atoms with Crippen LogP contribution in [0.15, 0.2) is 24.3 Å². The van der Waals surface area contributed by atoms with Crippen LogP contribution in [0.4, 0.5) is 0 Å². The Bertz CT molecular complexity index is 349. The summed E-state index contributed by atoms with van der Waals surface area (Å²) in [4.78, 5) is 0. The van der Waals surface area contributed by atoms with Gasteiger partial charge in [0, 0.05) is 0 Å². The first-order valence-corrected chi connectivity index (χ1v) is 6.67. The van der Waals surface area contributed by atoms with Crippen LogP contribution in [-0.4, -0.2) is 0 Å². The molecule has 0 heterocycles. The first kappa shape index (κ1) is 11.7. The van der Waals surface area contributed by atoms with Crippen molar-refractivity contribution in [2.24, 2.45) is 17.8 Å². The van der Waals surface area contributed by atoms with Gasteiger partial charge in [0.05, 0.1) is 0 Å². The lowest BCUT2D eigenvalue weighted by atomic mass is 9.69. The highest BCUT2D eigenvalue weighted by atomic mass is 14.3. The van der Waals surface area contributed by atoms with Gasteiger partial charge in [-0.05, 0) is 47.6 Å². The third-order valence-electron chi connectivity index (χ3n) is 4.24. The Morgan fingerprint density at radius 3 is 2.31 bits per heavy atom. The van der Waals surface area contributed by atoms with Crippen LogP contribution in [-0.2, 0) is 6.42 Å². The Hall–Kier alpha value is -0.780. The van der Waals surface area contributed by atoms with Crippen LogP contribution < -0.4 is 0 Å². The maximum absolute atomic E-state index is 2.37. The molecule has 0 spiro atoms. The molecule has 0 fully saturated rings. The summed E-state index contributed by atoms with van der Waals surface area (Å²) in [5.41, 5.74) is 3.22. The number of fused-ring (bicyclic) bond motifs is 1. The number of hydrogen-bond acceptors (Lipinski definition) is 0. The molecule has 0 N–H and O–H groups in total. The molecule has 0 aromatic heterocycles. The van der Waals surface area contributed by atoms with Gasteiger partial charge in [-0.3, -0.25) is 0 Å². The molecule has 0 heteroatoms. The van der Waals surface area contributed by atoms with Crippen molar-refractivity contribution in [1.82, 2.24) is 0 Å². The van der Waals surface area contributed by atoms with Gasteiger partial charge in [0.25, 0.3) is 0 Å². The molecule has 0 bridgehead atoms. The van der Waals surface area contributed by atoms with Crippen molar-refractivity contribution in [1.29, 1.82) is 0 Å². The van der Waals surface area contributed by atoms with Gasteiger partial charge in [0.2, 0.25) is 0 Å². The molecule has 2 rings (SSSR count). The lowest BCUT2D eigenvalue weighted by Gasteiger charge is -2.35. The Morgan fingerprint density at radius 2 is 1.69 bits per heavy atom. The van der Waals surface area contributed by atoms with Crippen molar-refractivity contribution in [2.75, 3.05) is 0 Å². The third-order valence-corrected chi connectivity index (χ3v) is 4.24. The second kappa shape index (κ2) is 4.61. The van der Waals surface area contributed by atoms with E-state index in [1.54, 1.807) is 11.1 Å². The van der Waals surface area contributed by atoms with E-state index >= 15 is 0 Å². The number of benzene rings is 1. The molecule has 0 nitrogen and oxygen atoms in total. The van der Waals surface area contributed by atoms with Gasteiger partial charge in [0.15, 0.2) is 0 Å². The Kier molecular flexibility index (Phi) is 3.37. The van der Waals surface area contributed by atoms with E-state index in [1.165, 1.54) is 12.8 Å². The predicted molar refractivity (Wildman–Crippen MR) is 70.7 cm³/mol. The largest absolute Gasteiger partial charge is 0.0625 e. The van der Waals surface area contributed by atoms with E-state index < -0.39 is 0 Å². The minimum atomic E-state index is 0.766. The van der Waals surface area contributed by atoms with Crippen molar-refractivity contribution < 1.29 is 0 Å². The molecule has 0 aliphatic heterocycles. The van der Waals surface area contributed by atoms with E-state index in [0.29, 0.717) is 0 Å². The lowest BCUT2D eigenvalue weighted by Crippen LogP contribution is -2.25. The van der Waals surface area contributed by atoms with Crippen LogP contribution in [0.1, 0.15) is 51.2 Å². The molecule has 1 aliphatic carbocycles. The lowest BCUT2D eigenvalue weighted by molar-refractivity contribution is 0.280. The summed E-state index contributed by atoms with van der Waals surface area (Å²) in [6.45, 7) is 9.47. The predicted octanol–water partition coefficient (Wildman–Crippen LogP) is 4.64. The van der Waals surface area contributed by atoms with Crippen LogP contribution >= 0.6 is 0 Å². The van der Waals surface area contributed by atoms with Gasteiger partial charge >= 0.3 is 0 Å². The molecule has 0 saturated carbocycles. The van der Waals surface area contributed by atoms with E-state index in [0.717, 1.165) is 23.7 Å². The zero-order valence-electron chi connectivity index (χ0n) is 11.0. The average Bonchev–Trinajstić information content (AvgIpc) is 2.27. The summed E-state index contributed by atoms with van der Waals surface area (Å²) in [6.07, 6.45) is 2.67. The van der Waals surface area contributed by atoms with E-state index in [4.69, 9.17) is 0 Å². The summed E-state index contributed by atoms with van der Waals surface area (Å²) < 4.78 is 0. The summed E-state index contributed by atoms with van der Waals surface area (Å²) in [6, 6.07) is 9.07. The fraction of sp³-hybridized carbons (Fsp3) is 0.625. The van der Waals surface area contributed by atoms with Crippen LogP contribution in [0.3, 0.4) is 0 Å². The van der Waals surface area contributed by atoms with Gasteiger partial charge < -0.3 is 0 Å². The van der Waals surface area contributed by atoms with Crippen LogP contribution in [0.25, 0.3) is 0 Å². The Balaban J connectivity index is 2.33. The maximum atomic E-state index is 2.37. The SMILES string of the molecule is CC(C)C1Cc2ccccc2C(C(C)C)C1. The van der Waals surface area contributed by atoms with Crippen LogP contribution in [0.2, 0.25) is 0 Å². The van der Waals surface area contributed by atoms with Crippen LogP contribution in [0, 0.1) is 17.8 Å². The van der Waals surface area contributed by atoms with Gasteiger partial charge in [-0.1, -0.05) is 52.0 Å². The van der Waals surface area contributed by atoms with E-state index in [2.05, 4.69) is 52.0 Å². The van der Waals surface area contributed by atoms with Crippen molar-refractivity contribution in [3.8, 4) is 0 Å². The molecule has 1 aromatic rings. The summed E-state index contributed by atoms with van der Waals surface area (Å²) in [7, 11) is 0. The Morgan fingerprint density at radius 1 is 1.00 bits per heavy atom. The van der Waals surface area contributed by atoms with Crippen LogP contribution in [0.5, 0.6) is 0 Å². The second-order valence-corrected chi connectivity index (χ2v) is 5.99. The van der Waals surface area contributed by atoms with Gasteiger partial charge in [-0.15, -0.1) is 0 Å². The zero-order chi connectivity index (χ0) is 11.7. The molecule has 0 radical (unpaired) electrons. The monoisotopic (exact) mass is 216 g/mol. The van der Waals surface area contributed by atoms with Crippen molar-refractivity contribution >= 4 is 0 Å². The molecule has 88 valence electrons. The van der Waals surface area contributed by atoms with Crippen molar-refractivity contribution in [2.45, 2.75) is 46.5 Å². The highest BCUT2D eigenvalue weighted by molar-refractivity contribution is 5.33. The molecule has 2 atom stereocenters. The second-order valence-electron chi connectivity index (χ2n) is 5.99. The maximum Gasteiger partial charge on any atom is -0.0133 e. The zero-order valence-corrected chi connectivity index (χ0v) is 11.0. The summed E-state index contributed by atoms with van der Waals surface area (Å²) in [5.74, 6) is 3.23. The fourth-order valence-corrected chi connectivity index (χ4v) is 3.04. The molecule has 1 aromatic carbocycles. The number of rotatable bonds is 2. The van der Waals surface area contributed by atoms with Gasteiger partial charge in [0.1, 0.15) is 0 Å². The summed E-state index contributed by atoms with van der Waals surface area (Å²) in [5, 5.41) is 0. The molecule has 1 aliphatic rings. The first-order valence-electron chi connectivity index (χ1n) is 6.67. The van der Waals surface area contributed by atoms with Crippen molar-refractivity contribution in [3.63, 3.8) is 0 Å². The highest BCUT2D eigenvalue weighted by Gasteiger charge is 2.29. The molecule has 0 amide bonds. The smallest absolute Gasteiger partial charge is 0.0133 e. The summed E-state index contributed by atoms with van der Waals surface area (Å²) >= 11 is 0. The van der Waals surface area contributed by atoms with E-state index in [9.17, 15) is 0 Å². The van der Waals surface area contributed by atoms with Crippen molar-refractivity contribution in [3.05, 3.63) is 35.4 Å². The standard InChI is InChI=1S/C16H24/c1-11(2)14-9-13-7-5-6-8-15(13)16(10-14)12(3)4/h5-8,11-12,14,16H,9-10H2,1-4H3. The highest BCUT2D eigenvalue weighted by Crippen LogP contribution is 2.41. The molecule has 0 saturated heterocycles. The molecule has 16 heavy (non-hydrogen) atoms. The molecular weight excluding hydrogens is 192 g/mol. The fourth-order valence-electron chi connectivity index (χ4n) is 3.04. The minimum absolute atomic E-state index is 0.766. The average molecular weight is 216 g/mol. The first-order chi connectivity index (χ1) is 7.59. The Labute approximate surface area is 100 Å². The molecule has 2 unspecified atom stereocenters. The topological polar surface area (TPSA) is 0 Å². The quantitative estimate of drug-likeness (QED) is 0.675.